The predicted molar refractivity (Wildman–Crippen MR) is 138 cm³/mol. The molecule has 1 fully saturated rings. The topological polar surface area (TPSA) is 88.0 Å². The minimum atomic E-state index is -1.11. The van der Waals surface area contributed by atoms with E-state index in [0.717, 1.165) is 64.2 Å². The van der Waals surface area contributed by atoms with Gasteiger partial charge in [0, 0.05) is 43.8 Å². The molecule has 1 aliphatic rings. The first-order valence-electron chi connectivity index (χ1n) is 11.9. The molecule has 7 nitrogen and oxygen atoms in total. The van der Waals surface area contributed by atoms with Crippen molar-refractivity contribution in [2.24, 2.45) is 12.8 Å². The highest BCUT2D eigenvalue weighted by Gasteiger charge is 2.51. The monoisotopic (exact) mass is 475 g/mol. The summed E-state index contributed by atoms with van der Waals surface area (Å²) < 4.78 is 10.0. The number of ether oxygens (including phenoxy) is 1. The molecule has 0 aliphatic heterocycles. The van der Waals surface area contributed by atoms with Crippen LogP contribution in [0.5, 0.6) is 0 Å². The second-order valence-corrected chi connectivity index (χ2v) is 16.5. The molecule has 34 heavy (non-hydrogen) atoms. The Labute approximate surface area is 200 Å². The quantitative estimate of drug-likeness (QED) is 0.295. The van der Waals surface area contributed by atoms with Crippen LogP contribution in [0.1, 0.15) is 24.1 Å². The Balaban J connectivity index is 1.46. The number of hydrogen-bond acceptors (Lipinski definition) is 4. The summed E-state index contributed by atoms with van der Waals surface area (Å²) in [6.45, 7) is 10.4. The van der Waals surface area contributed by atoms with E-state index in [1.807, 2.05) is 23.1 Å². The van der Waals surface area contributed by atoms with Crippen molar-refractivity contribution >= 4 is 35.8 Å². The summed E-state index contributed by atoms with van der Waals surface area (Å²) in [5, 5.41) is 6.73. The number of aryl methyl sites for hydroxylation is 2. The molecule has 3 aromatic heterocycles. The molecule has 1 amide bonds. The molecule has 3 heterocycles. The molecule has 2 N–H and O–H groups in total. The Kier molecular flexibility index (Phi) is 5.40. The molecular weight excluding hydrogens is 442 g/mol. The van der Waals surface area contributed by atoms with Crippen molar-refractivity contribution in [1.82, 2.24) is 19.3 Å². The lowest BCUT2D eigenvalue weighted by Gasteiger charge is -2.15. The van der Waals surface area contributed by atoms with Gasteiger partial charge >= 0.3 is 0 Å². The van der Waals surface area contributed by atoms with Gasteiger partial charge in [-0.1, -0.05) is 19.6 Å². The Morgan fingerprint density at radius 2 is 1.88 bits per heavy atom. The summed E-state index contributed by atoms with van der Waals surface area (Å²) in [5.74, 6) is -0.279. The third kappa shape index (κ3) is 3.94. The number of carbonyl (C=O) groups excluding carboxylic acids is 1. The SMILES string of the molecule is Cc1cc2c(cnn2COCC[Si](C)(C)C)cc1-c1cc2cc(C3(C(N)=O)CC3)ncc2n1C. The van der Waals surface area contributed by atoms with Crippen molar-refractivity contribution in [2.75, 3.05) is 6.61 Å². The molecule has 0 saturated heterocycles. The van der Waals surface area contributed by atoms with Crippen molar-refractivity contribution in [1.29, 1.82) is 0 Å². The van der Waals surface area contributed by atoms with Gasteiger partial charge in [-0.05, 0) is 55.6 Å². The van der Waals surface area contributed by atoms with E-state index in [2.05, 4.69) is 66.5 Å². The van der Waals surface area contributed by atoms with Crippen LogP contribution in [0.15, 0.2) is 36.7 Å². The van der Waals surface area contributed by atoms with Crippen LogP contribution in [0.4, 0.5) is 0 Å². The number of rotatable bonds is 8. The fourth-order valence-electron chi connectivity index (χ4n) is 4.65. The van der Waals surface area contributed by atoms with Gasteiger partial charge in [0.15, 0.2) is 0 Å². The molecule has 4 aromatic rings. The molecule has 0 bridgehead atoms. The van der Waals surface area contributed by atoms with Crippen molar-refractivity contribution in [2.45, 2.75) is 57.6 Å². The highest BCUT2D eigenvalue weighted by molar-refractivity contribution is 6.76. The van der Waals surface area contributed by atoms with E-state index in [1.165, 1.54) is 5.56 Å². The first-order valence-corrected chi connectivity index (χ1v) is 15.6. The number of aromatic nitrogens is 4. The highest BCUT2D eigenvalue weighted by atomic mass is 28.3. The molecular formula is C26H33N5O2Si. The van der Waals surface area contributed by atoms with Crippen molar-refractivity contribution < 1.29 is 9.53 Å². The first kappa shape index (κ1) is 22.8. The van der Waals surface area contributed by atoms with Gasteiger partial charge in [-0.15, -0.1) is 0 Å². The maximum Gasteiger partial charge on any atom is 0.229 e. The van der Waals surface area contributed by atoms with Gasteiger partial charge in [0.2, 0.25) is 5.91 Å². The average molecular weight is 476 g/mol. The Morgan fingerprint density at radius 1 is 1.12 bits per heavy atom. The van der Waals surface area contributed by atoms with Crippen LogP contribution >= 0.6 is 0 Å². The second-order valence-electron chi connectivity index (χ2n) is 10.9. The average Bonchev–Trinajstić information content (AvgIpc) is 3.42. The standard InChI is InChI=1S/C26H33N5O2Si/c1-17-10-21-19(14-29-31(21)16-33-8-9-34(3,4)5)11-20(17)22-12-18-13-24(26(6-7-26)25(27)32)28-15-23(18)30(22)2/h10-15H,6-9,16H2,1-5H3,(H2,27,32). The highest BCUT2D eigenvalue weighted by Crippen LogP contribution is 2.47. The van der Waals surface area contributed by atoms with Crippen LogP contribution in [-0.4, -0.2) is 39.9 Å². The van der Waals surface area contributed by atoms with Gasteiger partial charge in [-0.3, -0.25) is 9.78 Å². The summed E-state index contributed by atoms with van der Waals surface area (Å²) >= 11 is 0. The van der Waals surface area contributed by atoms with Gasteiger partial charge in [-0.2, -0.15) is 5.10 Å². The summed E-state index contributed by atoms with van der Waals surface area (Å²) in [5.41, 5.74) is 11.4. The molecule has 0 atom stereocenters. The van der Waals surface area contributed by atoms with Gasteiger partial charge < -0.3 is 15.0 Å². The number of fused-ring (bicyclic) bond motifs is 2. The lowest BCUT2D eigenvalue weighted by atomic mass is 10.00. The Morgan fingerprint density at radius 3 is 2.56 bits per heavy atom. The number of nitrogens with two attached hydrogens (primary N) is 1. The van der Waals surface area contributed by atoms with E-state index in [1.54, 1.807) is 0 Å². The number of benzene rings is 1. The molecule has 1 aliphatic carbocycles. The van der Waals surface area contributed by atoms with Crippen LogP contribution < -0.4 is 5.73 Å². The zero-order chi connectivity index (χ0) is 24.3. The van der Waals surface area contributed by atoms with E-state index >= 15 is 0 Å². The number of carbonyl (C=O) groups is 1. The largest absolute Gasteiger partial charge is 0.369 e. The van der Waals surface area contributed by atoms with Crippen LogP contribution in [0.25, 0.3) is 33.1 Å². The van der Waals surface area contributed by atoms with E-state index in [0.29, 0.717) is 6.73 Å². The van der Waals surface area contributed by atoms with Gasteiger partial charge in [0.1, 0.15) is 6.73 Å². The zero-order valence-electron chi connectivity index (χ0n) is 20.7. The summed E-state index contributed by atoms with van der Waals surface area (Å²) in [7, 11) is 0.948. The van der Waals surface area contributed by atoms with Crippen LogP contribution in [0.2, 0.25) is 25.7 Å². The summed E-state index contributed by atoms with van der Waals surface area (Å²) in [4.78, 5) is 16.6. The maximum absolute atomic E-state index is 12.0. The van der Waals surface area contributed by atoms with E-state index in [9.17, 15) is 4.79 Å². The smallest absolute Gasteiger partial charge is 0.229 e. The fourth-order valence-corrected chi connectivity index (χ4v) is 5.40. The van der Waals surface area contributed by atoms with Crippen LogP contribution in [0, 0.1) is 6.92 Å². The molecule has 0 radical (unpaired) electrons. The van der Waals surface area contributed by atoms with Crippen LogP contribution in [0.3, 0.4) is 0 Å². The third-order valence-corrected chi connectivity index (χ3v) is 8.82. The van der Waals surface area contributed by atoms with E-state index < -0.39 is 13.5 Å². The molecule has 178 valence electrons. The summed E-state index contributed by atoms with van der Waals surface area (Å²) in [6, 6.07) is 9.74. The lowest BCUT2D eigenvalue weighted by molar-refractivity contribution is -0.120. The Bertz CT molecular complexity index is 1410. The molecule has 1 saturated carbocycles. The second kappa shape index (κ2) is 8.06. The zero-order valence-corrected chi connectivity index (χ0v) is 21.7. The minimum absolute atomic E-state index is 0.279. The van der Waals surface area contributed by atoms with Crippen LogP contribution in [-0.2, 0) is 28.7 Å². The van der Waals surface area contributed by atoms with Gasteiger partial charge in [0.25, 0.3) is 0 Å². The normalized spacial score (nSPS) is 15.3. The molecule has 0 spiro atoms. The molecule has 8 heteroatoms. The number of nitrogens with zero attached hydrogens (tertiary/aromatic N) is 4. The minimum Gasteiger partial charge on any atom is -0.369 e. The Hall–Kier alpha value is -2.97. The maximum atomic E-state index is 12.0. The van der Waals surface area contributed by atoms with Gasteiger partial charge in [0.05, 0.1) is 34.5 Å². The van der Waals surface area contributed by atoms with E-state index in [4.69, 9.17) is 10.5 Å². The number of primary amides is 1. The molecule has 5 rings (SSSR count). The first-order chi connectivity index (χ1) is 16.1. The van der Waals surface area contributed by atoms with Crippen molar-refractivity contribution in [3.8, 4) is 11.3 Å². The number of amides is 1. The lowest BCUT2D eigenvalue weighted by Crippen LogP contribution is -2.29. The fraction of sp³-hybridized carbons (Fsp3) is 0.423. The van der Waals surface area contributed by atoms with Crippen molar-refractivity contribution in [3.05, 3.63) is 47.9 Å². The number of pyridine rings is 1. The summed E-state index contributed by atoms with van der Waals surface area (Å²) in [6.07, 6.45) is 5.33. The molecule has 1 aromatic carbocycles. The van der Waals surface area contributed by atoms with Crippen molar-refractivity contribution in [3.63, 3.8) is 0 Å². The third-order valence-electron chi connectivity index (χ3n) is 7.11. The molecule has 0 unspecified atom stereocenters. The predicted octanol–water partition coefficient (Wildman–Crippen LogP) is 4.73. The van der Waals surface area contributed by atoms with E-state index in [-0.39, 0.29) is 5.91 Å². The van der Waals surface area contributed by atoms with Gasteiger partial charge in [-0.25, -0.2) is 4.68 Å². The number of hydrogen-bond donors (Lipinski definition) is 1.